The van der Waals surface area contributed by atoms with E-state index in [1.807, 2.05) is 12.1 Å². The number of urea groups is 1. The lowest BCUT2D eigenvalue weighted by molar-refractivity contribution is -0.138. The minimum Gasteiger partial charge on any atom is -0.481 e. The number of hydrogen-bond acceptors (Lipinski definition) is 2. The van der Waals surface area contributed by atoms with Gasteiger partial charge in [0.1, 0.15) is 0 Å². The lowest BCUT2D eigenvalue weighted by Crippen LogP contribution is -2.52. The molecule has 0 spiro atoms. The Bertz CT molecular complexity index is 510. The zero-order chi connectivity index (χ0) is 15.3. The quantitative estimate of drug-likeness (QED) is 0.770. The minimum atomic E-state index is -0.874. The maximum absolute atomic E-state index is 12.1. The first-order chi connectivity index (χ1) is 9.99. The highest BCUT2D eigenvalue weighted by Crippen LogP contribution is 2.31. The second kappa shape index (κ2) is 6.93. The smallest absolute Gasteiger partial charge is 0.319 e. The first-order valence-corrected chi connectivity index (χ1v) is 7.85. The van der Waals surface area contributed by atoms with Crippen LogP contribution in [0.25, 0.3) is 0 Å². The van der Waals surface area contributed by atoms with Gasteiger partial charge in [-0.05, 0) is 37.1 Å². The van der Waals surface area contributed by atoms with Crippen molar-refractivity contribution in [2.75, 3.05) is 5.32 Å². The van der Waals surface area contributed by atoms with E-state index in [0.29, 0.717) is 18.5 Å². The summed E-state index contributed by atoms with van der Waals surface area (Å²) in [5, 5.41) is 14.7. The molecule has 0 aromatic heterocycles. The standard InChI is InChI=1S/C15H19BrN2O3/c16-11-4-6-12(7-5-11)17-14(21)18-15(10-13(19)20)8-2-1-3-9-15/h4-7H,1-3,8-10H2,(H,19,20)(H2,17,18,21). The van der Waals surface area contributed by atoms with Crippen molar-refractivity contribution in [2.24, 2.45) is 0 Å². The van der Waals surface area contributed by atoms with Crippen molar-refractivity contribution in [3.63, 3.8) is 0 Å². The van der Waals surface area contributed by atoms with Crippen LogP contribution < -0.4 is 10.6 Å². The van der Waals surface area contributed by atoms with Crippen molar-refractivity contribution < 1.29 is 14.7 Å². The predicted octanol–water partition coefficient (Wildman–Crippen LogP) is 3.75. The Morgan fingerprint density at radius 2 is 1.76 bits per heavy atom. The second-order valence-electron chi connectivity index (χ2n) is 5.50. The second-order valence-corrected chi connectivity index (χ2v) is 6.41. The highest BCUT2D eigenvalue weighted by Gasteiger charge is 2.35. The van der Waals surface area contributed by atoms with Gasteiger partial charge in [-0.15, -0.1) is 0 Å². The van der Waals surface area contributed by atoms with E-state index in [4.69, 9.17) is 5.11 Å². The van der Waals surface area contributed by atoms with Gasteiger partial charge in [-0.2, -0.15) is 0 Å². The molecule has 1 saturated carbocycles. The van der Waals surface area contributed by atoms with Crippen LogP contribution >= 0.6 is 15.9 Å². The summed E-state index contributed by atoms with van der Waals surface area (Å²) in [6.07, 6.45) is 4.40. The molecule has 0 radical (unpaired) electrons. The molecule has 1 fully saturated rings. The van der Waals surface area contributed by atoms with E-state index < -0.39 is 11.5 Å². The lowest BCUT2D eigenvalue weighted by atomic mass is 9.79. The van der Waals surface area contributed by atoms with Gasteiger partial charge in [0.25, 0.3) is 0 Å². The average Bonchev–Trinajstić information content (AvgIpc) is 2.41. The Hall–Kier alpha value is -1.56. The van der Waals surface area contributed by atoms with Gasteiger partial charge in [-0.1, -0.05) is 35.2 Å². The van der Waals surface area contributed by atoms with Gasteiger partial charge in [-0.25, -0.2) is 4.79 Å². The Morgan fingerprint density at radius 1 is 1.14 bits per heavy atom. The van der Waals surface area contributed by atoms with E-state index in [1.54, 1.807) is 12.1 Å². The maximum atomic E-state index is 12.1. The van der Waals surface area contributed by atoms with Crippen LogP contribution in [0.3, 0.4) is 0 Å². The molecule has 3 N–H and O–H groups in total. The summed E-state index contributed by atoms with van der Waals surface area (Å²) in [7, 11) is 0. The van der Waals surface area contributed by atoms with Crippen molar-refractivity contribution in [1.82, 2.24) is 5.32 Å². The number of aliphatic carboxylic acids is 1. The number of carbonyl (C=O) groups is 2. The van der Waals surface area contributed by atoms with Crippen molar-refractivity contribution in [3.05, 3.63) is 28.7 Å². The lowest BCUT2D eigenvalue weighted by Gasteiger charge is -2.36. The fourth-order valence-corrected chi connectivity index (χ4v) is 3.06. The highest BCUT2D eigenvalue weighted by molar-refractivity contribution is 9.10. The van der Waals surface area contributed by atoms with Crippen molar-refractivity contribution in [3.8, 4) is 0 Å². The van der Waals surface area contributed by atoms with E-state index in [0.717, 1.165) is 23.7 Å². The molecule has 1 aliphatic carbocycles. The fraction of sp³-hybridized carbons (Fsp3) is 0.467. The first-order valence-electron chi connectivity index (χ1n) is 7.06. The Balaban J connectivity index is 2.00. The van der Waals surface area contributed by atoms with Crippen LogP contribution in [0.15, 0.2) is 28.7 Å². The molecule has 5 nitrogen and oxygen atoms in total. The third kappa shape index (κ3) is 4.74. The van der Waals surface area contributed by atoms with Gasteiger partial charge >= 0.3 is 12.0 Å². The van der Waals surface area contributed by atoms with Crippen LogP contribution in [-0.2, 0) is 4.79 Å². The number of hydrogen-bond donors (Lipinski definition) is 3. The highest BCUT2D eigenvalue weighted by atomic mass is 79.9. The SMILES string of the molecule is O=C(O)CC1(NC(=O)Nc2ccc(Br)cc2)CCCCC1. The molecule has 0 saturated heterocycles. The summed E-state index contributed by atoms with van der Waals surface area (Å²) >= 11 is 3.33. The number of amides is 2. The number of carbonyl (C=O) groups excluding carboxylic acids is 1. The van der Waals surface area contributed by atoms with Gasteiger partial charge in [0, 0.05) is 10.2 Å². The summed E-state index contributed by atoms with van der Waals surface area (Å²) in [5.74, 6) is -0.874. The molecule has 1 aromatic carbocycles. The molecule has 2 amide bonds. The fourth-order valence-electron chi connectivity index (χ4n) is 2.80. The molecule has 6 heteroatoms. The maximum Gasteiger partial charge on any atom is 0.319 e. The predicted molar refractivity (Wildman–Crippen MR) is 84.4 cm³/mol. The molecule has 114 valence electrons. The molecule has 0 unspecified atom stereocenters. The van der Waals surface area contributed by atoms with Crippen LogP contribution in [-0.4, -0.2) is 22.6 Å². The topological polar surface area (TPSA) is 78.4 Å². The van der Waals surface area contributed by atoms with E-state index in [-0.39, 0.29) is 12.5 Å². The van der Waals surface area contributed by atoms with E-state index in [2.05, 4.69) is 26.6 Å². The van der Waals surface area contributed by atoms with Crippen LogP contribution in [0.1, 0.15) is 38.5 Å². The van der Waals surface area contributed by atoms with Crippen molar-refractivity contribution in [2.45, 2.75) is 44.1 Å². The van der Waals surface area contributed by atoms with E-state index >= 15 is 0 Å². The minimum absolute atomic E-state index is 0.0270. The molecular formula is C15H19BrN2O3. The first kappa shape index (κ1) is 15.8. The molecule has 1 aliphatic rings. The number of carboxylic acid groups (broad SMARTS) is 1. The number of carboxylic acids is 1. The molecule has 0 atom stereocenters. The average molecular weight is 355 g/mol. The van der Waals surface area contributed by atoms with E-state index in [1.165, 1.54) is 0 Å². The largest absolute Gasteiger partial charge is 0.481 e. The number of nitrogens with one attached hydrogen (secondary N) is 2. The van der Waals surface area contributed by atoms with Gasteiger partial charge in [0.15, 0.2) is 0 Å². The number of anilines is 1. The Morgan fingerprint density at radius 3 is 2.33 bits per heavy atom. The molecule has 21 heavy (non-hydrogen) atoms. The molecule has 0 aliphatic heterocycles. The number of rotatable bonds is 4. The molecule has 2 rings (SSSR count). The summed E-state index contributed by atoms with van der Waals surface area (Å²) in [5.41, 5.74) is 0.0563. The molecule has 1 aromatic rings. The van der Waals surface area contributed by atoms with Crippen LogP contribution in [0, 0.1) is 0 Å². The van der Waals surface area contributed by atoms with Crippen molar-refractivity contribution >= 4 is 33.6 Å². The van der Waals surface area contributed by atoms with Crippen molar-refractivity contribution in [1.29, 1.82) is 0 Å². The summed E-state index contributed by atoms with van der Waals surface area (Å²) in [4.78, 5) is 23.2. The Labute approximate surface area is 132 Å². The molecular weight excluding hydrogens is 336 g/mol. The number of benzene rings is 1. The van der Waals surface area contributed by atoms with Crippen LogP contribution in [0.5, 0.6) is 0 Å². The summed E-state index contributed by atoms with van der Waals surface area (Å²) in [6.45, 7) is 0. The van der Waals surface area contributed by atoms with Gasteiger partial charge in [0.2, 0.25) is 0 Å². The summed E-state index contributed by atoms with van der Waals surface area (Å²) < 4.78 is 0.933. The van der Waals surface area contributed by atoms with Crippen LogP contribution in [0.2, 0.25) is 0 Å². The van der Waals surface area contributed by atoms with Gasteiger partial charge < -0.3 is 15.7 Å². The molecule has 0 heterocycles. The van der Waals surface area contributed by atoms with Gasteiger partial charge in [-0.3, -0.25) is 4.79 Å². The Kier molecular flexibility index (Phi) is 5.22. The summed E-state index contributed by atoms with van der Waals surface area (Å²) in [6, 6.07) is 6.90. The van der Waals surface area contributed by atoms with Gasteiger partial charge in [0.05, 0.1) is 12.0 Å². The van der Waals surface area contributed by atoms with Crippen LogP contribution in [0.4, 0.5) is 10.5 Å². The number of halogens is 1. The molecule has 0 bridgehead atoms. The monoisotopic (exact) mass is 354 g/mol. The normalized spacial score (nSPS) is 17.0. The third-order valence-electron chi connectivity index (χ3n) is 3.78. The van der Waals surface area contributed by atoms with E-state index in [9.17, 15) is 9.59 Å². The third-order valence-corrected chi connectivity index (χ3v) is 4.31. The zero-order valence-corrected chi connectivity index (χ0v) is 13.3. The zero-order valence-electron chi connectivity index (χ0n) is 11.7.